The minimum Gasteiger partial charge on any atom is -0.207 e. The third-order valence-electron chi connectivity index (χ3n) is 4.16. The molecule has 1 aliphatic heterocycles. The quantitative estimate of drug-likeness (QED) is 0.681. The highest BCUT2D eigenvalue weighted by Gasteiger charge is 2.39. The van der Waals surface area contributed by atoms with Gasteiger partial charge in [-0.2, -0.15) is 4.31 Å². The zero-order valence-electron chi connectivity index (χ0n) is 12.6. The van der Waals surface area contributed by atoms with Crippen LogP contribution >= 0.6 is 22.7 Å². The maximum absolute atomic E-state index is 14.1. The predicted molar refractivity (Wildman–Crippen MR) is 94.5 cm³/mol. The van der Waals surface area contributed by atoms with Gasteiger partial charge in [-0.15, -0.1) is 22.7 Å². The van der Waals surface area contributed by atoms with Gasteiger partial charge in [0.15, 0.2) is 0 Å². The van der Waals surface area contributed by atoms with Crippen LogP contribution in [-0.4, -0.2) is 19.3 Å². The summed E-state index contributed by atoms with van der Waals surface area (Å²) in [6.07, 6.45) is 0.655. The molecule has 0 N–H and O–H groups in total. The minimum atomic E-state index is -3.92. The first-order valence-electron chi connectivity index (χ1n) is 7.45. The minimum absolute atomic E-state index is 0.259. The highest BCUT2D eigenvalue weighted by Crippen LogP contribution is 2.42. The Hall–Kier alpha value is -1.54. The Morgan fingerprint density at radius 1 is 1.04 bits per heavy atom. The topological polar surface area (TPSA) is 37.4 Å². The second kappa shape index (κ2) is 6.07. The van der Waals surface area contributed by atoms with E-state index >= 15 is 0 Å². The SMILES string of the molecule is O=S(=O)(c1ccccc1F)N1CCc2sccc2C1c1cccs1. The number of thiophene rings is 2. The van der Waals surface area contributed by atoms with Gasteiger partial charge in [-0.05, 0) is 47.0 Å². The van der Waals surface area contributed by atoms with Gasteiger partial charge in [-0.1, -0.05) is 18.2 Å². The molecule has 0 saturated heterocycles. The van der Waals surface area contributed by atoms with Crippen LogP contribution in [0.4, 0.5) is 4.39 Å². The lowest BCUT2D eigenvalue weighted by Gasteiger charge is -2.34. The van der Waals surface area contributed by atoms with Crippen LogP contribution in [-0.2, 0) is 16.4 Å². The maximum Gasteiger partial charge on any atom is 0.246 e. The molecule has 0 fully saturated rings. The average Bonchev–Trinajstić information content (AvgIpc) is 3.25. The van der Waals surface area contributed by atoms with Crippen LogP contribution in [0, 0.1) is 5.82 Å². The molecule has 0 spiro atoms. The summed E-state index contributed by atoms with van der Waals surface area (Å²) in [4.78, 5) is 1.90. The lowest BCUT2D eigenvalue weighted by atomic mass is 10.0. The molecule has 1 aromatic carbocycles. The van der Waals surface area contributed by atoms with Crippen LogP contribution in [0.3, 0.4) is 0 Å². The molecule has 2 aromatic heterocycles. The smallest absolute Gasteiger partial charge is 0.207 e. The highest BCUT2D eigenvalue weighted by molar-refractivity contribution is 7.89. The van der Waals surface area contributed by atoms with E-state index in [2.05, 4.69) is 0 Å². The number of halogens is 1. The third kappa shape index (κ3) is 2.52. The monoisotopic (exact) mass is 379 g/mol. The number of nitrogens with zero attached hydrogens (tertiary/aromatic N) is 1. The van der Waals surface area contributed by atoms with E-state index in [1.54, 1.807) is 17.4 Å². The number of benzene rings is 1. The predicted octanol–water partition coefficient (Wildman–Crippen LogP) is 4.29. The van der Waals surface area contributed by atoms with E-state index in [0.717, 1.165) is 10.4 Å². The fraction of sp³-hybridized carbons (Fsp3) is 0.176. The molecule has 24 heavy (non-hydrogen) atoms. The highest BCUT2D eigenvalue weighted by atomic mass is 32.2. The summed E-state index contributed by atoms with van der Waals surface area (Å²) in [6.45, 7) is 0.354. The molecular formula is C17H14FNO2S3. The van der Waals surface area contributed by atoms with Gasteiger partial charge in [0.1, 0.15) is 10.7 Å². The summed E-state index contributed by atoms with van der Waals surface area (Å²) >= 11 is 3.17. The first-order valence-corrected chi connectivity index (χ1v) is 10.6. The van der Waals surface area contributed by atoms with E-state index in [1.807, 2.05) is 29.0 Å². The van der Waals surface area contributed by atoms with Gasteiger partial charge in [0, 0.05) is 16.3 Å². The van der Waals surface area contributed by atoms with Gasteiger partial charge in [-0.3, -0.25) is 0 Å². The van der Waals surface area contributed by atoms with Gasteiger partial charge in [-0.25, -0.2) is 12.8 Å². The van der Waals surface area contributed by atoms with Crippen molar-refractivity contribution in [1.82, 2.24) is 4.31 Å². The van der Waals surface area contributed by atoms with Crippen molar-refractivity contribution in [2.45, 2.75) is 17.4 Å². The molecule has 0 bridgehead atoms. The maximum atomic E-state index is 14.1. The van der Waals surface area contributed by atoms with E-state index in [0.29, 0.717) is 13.0 Å². The first-order chi connectivity index (χ1) is 11.6. The summed E-state index contributed by atoms with van der Waals surface area (Å²) in [5.74, 6) is -0.710. The Kier molecular flexibility index (Phi) is 4.04. The summed E-state index contributed by atoms with van der Waals surface area (Å²) in [7, 11) is -3.92. The summed E-state index contributed by atoms with van der Waals surface area (Å²) in [5.41, 5.74) is 1.01. The molecule has 124 valence electrons. The van der Waals surface area contributed by atoms with Crippen molar-refractivity contribution in [3.8, 4) is 0 Å². The summed E-state index contributed by atoms with van der Waals surface area (Å²) in [5, 5.41) is 3.92. The van der Waals surface area contributed by atoms with Crippen LogP contribution in [0.5, 0.6) is 0 Å². The van der Waals surface area contributed by atoms with Crippen LogP contribution < -0.4 is 0 Å². The largest absolute Gasteiger partial charge is 0.246 e. The van der Waals surface area contributed by atoms with E-state index in [9.17, 15) is 12.8 Å². The van der Waals surface area contributed by atoms with E-state index in [4.69, 9.17) is 0 Å². The van der Waals surface area contributed by atoms with Gasteiger partial charge < -0.3 is 0 Å². The third-order valence-corrected chi connectivity index (χ3v) is 7.98. The fourth-order valence-corrected chi connectivity index (χ4v) is 6.55. The van der Waals surface area contributed by atoms with Crippen molar-refractivity contribution in [2.24, 2.45) is 0 Å². The molecular weight excluding hydrogens is 365 g/mol. The van der Waals surface area contributed by atoms with Crippen LogP contribution in [0.1, 0.15) is 21.4 Å². The molecule has 3 heterocycles. The molecule has 1 atom stereocenters. The Morgan fingerprint density at radius 2 is 1.88 bits per heavy atom. The number of hydrogen-bond donors (Lipinski definition) is 0. The molecule has 1 unspecified atom stereocenters. The second-order valence-corrected chi connectivity index (χ2v) is 9.35. The molecule has 0 aliphatic carbocycles. The Balaban J connectivity index is 1.87. The fourth-order valence-electron chi connectivity index (χ4n) is 3.07. The zero-order valence-corrected chi connectivity index (χ0v) is 15.0. The normalized spacial score (nSPS) is 18.5. The first kappa shape index (κ1) is 16.0. The summed E-state index contributed by atoms with van der Waals surface area (Å²) < 4.78 is 41.9. The van der Waals surface area contributed by atoms with Crippen LogP contribution in [0.2, 0.25) is 0 Å². The number of hydrogen-bond acceptors (Lipinski definition) is 4. The van der Waals surface area contributed by atoms with Gasteiger partial charge in [0.25, 0.3) is 0 Å². The van der Waals surface area contributed by atoms with Crippen LogP contribution in [0.25, 0.3) is 0 Å². The van der Waals surface area contributed by atoms with Crippen molar-refractivity contribution in [2.75, 3.05) is 6.54 Å². The number of sulfonamides is 1. The summed E-state index contributed by atoms with van der Waals surface area (Å²) in [6, 6.07) is 11.0. The standard InChI is InChI=1S/C17H14FNO2S3/c18-13-4-1-2-6-16(13)24(20,21)19-9-7-14-12(8-11-23-14)17(19)15-5-3-10-22-15/h1-6,8,10-11,17H,7,9H2. The lowest BCUT2D eigenvalue weighted by molar-refractivity contribution is 0.348. The lowest BCUT2D eigenvalue weighted by Crippen LogP contribution is -2.40. The molecule has 3 nitrogen and oxygen atoms in total. The molecule has 0 amide bonds. The van der Waals surface area contributed by atoms with E-state index < -0.39 is 15.8 Å². The molecule has 1 aliphatic rings. The zero-order chi connectivity index (χ0) is 16.7. The molecule has 0 radical (unpaired) electrons. The van der Waals surface area contributed by atoms with E-state index in [-0.39, 0.29) is 10.9 Å². The van der Waals surface area contributed by atoms with E-state index in [1.165, 1.54) is 38.7 Å². The Morgan fingerprint density at radius 3 is 2.62 bits per heavy atom. The van der Waals surface area contributed by atoms with Crippen LogP contribution in [0.15, 0.2) is 58.1 Å². The molecule has 3 aromatic rings. The molecule has 4 rings (SSSR count). The molecule has 0 saturated carbocycles. The van der Waals surface area contributed by atoms with Crippen molar-refractivity contribution in [3.05, 3.63) is 74.4 Å². The molecule has 7 heteroatoms. The second-order valence-electron chi connectivity index (χ2n) is 5.51. The Labute approximate surface area is 148 Å². The average molecular weight is 380 g/mol. The van der Waals surface area contributed by atoms with Gasteiger partial charge in [0.05, 0.1) is 6.04 Å². The number of fused-ring (bicyclic) bond motifs is 1. The van der Waals surface area contributed by atoms with Crippen molar-refractivity contribution < 1.29 is 12.8 Å². The van der Waals surface area contributed by atoms with Crippen molar-refractivity contribution in [1.29, 1.82) is 0 Å². The Bertz CT molecular complexity index is 963. The van der Waals surface area contributed by atoms with Crippen molar-refractivity contribution in [3.63, 3.8) is 0 Å². The van der Waals surface area contributed by atoms with Crippen molar-refractivity contribution >= 4 is 32.7 Å². The number of rotatable bonds is 3. The van der Waals surface area contributed by atoms with Gasteiger partial charge >= 0.3 is 0 Å². The van der Waals surface area contributed by atoms with Gasteiger partial charge in [0.2, 0.25) is 10.0 Å².